The SMILES string of the molecule is COc1cc(C(=O)NS(C)(=O)=O)c(F)cc1-c1cnc(Oc2cc3ccccc3cc2Cl)c(Cl)c1. The number of carbonyl (C=O) groups is 1. The van der Waals surface area contributed by atoms with E-state index >= 15 is 0 Å². The summed E-state index contributed by atoms with van der Waals surface area (Å²) in [5.74, 6) is -1.54. The third kappa shape index (κ3) is 5.48. The zero-order chi connectivity index (χ0) is 25.3. The summed E-state index contributed by atoms with van der Waals surface area (Å²) in [4.78, 5) is 16.4. The second-order valence-electron chi connectivity index (χ2n) is 7.48. The van der Waals surface area contributed by atoms with Crippen molar-refractivity contribution in [2.75, 3.05) is 13.4 Å². The molecule has 1 aromatic heterocycles. The van der Waals surface area contributed by atoms with Crippen LogP contribution in [-0.4, -0.2) is 32.7 Å². The molecule has 35 heavy (non-hydrogen) atoms. The number of carbonyl (C=O) groups excluding carboxylic acids is 1. The summed E-state index contributed by atoms with van der Waals surface area (Å²) in [6.45, 7) is 0. The Balaban J connectivity index is 1.67. The quantitative estimate of drug-likeness (QED) is 0.334. The van der Waals surface area contributed by atoms with Gasteiger partial charge in [-0.05, 0) is 41.1 Å². The van der Waals surface area contributed by atoms with Crippen molar-refractivity contribution in [3.8, 4) is 28.5 Å². The summed E-state index contributed by atoms with van der Waals surface area (Å²) >= 11 is 12.7. The molecular weight excluding hydrogens is 518 g/mol. The topological polar surface area (TPSA) is 94.6 Å². The van der Waals surface area contributed by atoms with E-state index in [0.29, 0.717) is 16.3 Å². The monoisotopic (exact) mass is 534 g/mol. The normalized spacial score (nSPS) is 11.3. The highest BCUT2D eigenvalue weighted by molar-refractivity contribution is 7.89. The number of amides is 1. The molecule has 0 spiro atoms. The number of halogens is 3. The fourth-order valence-electron chi connectivity index (χ4n) is 3.37. The van der Waals surface area contributed by atoms with Gasteiger partial charge >= 0.3 is 0 Å². The number of methoxy groups -OCH3 is 1. The van der Waals surface area contributed by atoms with E-state index in [0.717, 1.165) is 29.2 Å². The Labute approximate surface area is 210 Å². The zero-order valence-electron chi connectivity index (χ0n) is 18.3. The van der Waals surface area contributed by atoms with Gasteiger partial charge in [0.1, 0.15) is 22.3 Å². The number of pyridine rings is 1. The van der Waals surface area contributed by atoms with Crippen molar-refractivity contribution in [1.82, 2.24) is 9.71 Å². The molecule has 0 saturated heterocycles. The standard InChI is InChI=1S/C24H17Cl2FN2O5S/c1-33-21-11-17(23(30)29-35(2,31)32)20(27)10-16(21)15-8-19(26)24(28-12-15)34-22-9-14-6-4-3-5-13(14)7-18(22)25/h3-12H,1-2H3,(H,29,30). The fraction of sp³-hybridized carbons (Fsp3) is 0.0833. The Morgan fingerprint density at radius 3 is 2.31 bits per heavy atom. The van der Waals surface area contributed by atoms with E-state index in [4.69, 9.17) is 32.7 Å². The Bertz CT molecular complexity index is 1580. The van der Waals surface area contributed by atoms with Crippen LogP contribution in [0.3, 0.4) is 0 Å². The number of sulfonamides is 1. The van der Waals surface area contributed by atoms with Crippen LogP contribution in [0.15, 0.2) is 60.8 Å². The third-order valence-corrected chi connectivity index (χ3v) is 6.06. The number of nitrogens with zero attached hydrogens (tertiary/aromatic N) is 1. The van der Waals surface area contributed by atoms with Gasteiger partial charge in [0.2, 0.25) is 15.9 Å². The first-order valence-corrected chi connectivity index (χ1v) is 12.6. The molecule has 180 valence electrons. The number of benzene rings is 3. The van der Waals surface area contributed by atoms with Crippen molar-refractivity contribution < 1.29 is 27.1 Å². The summed E-state index contributed by atoms with van der Waals surface area (Å²) in [5.41, 5.74) is 0.115. The molecule has 0 aliphatic carbocycles. The van der Waals surface area contributed by atoms with E-state index in [1.165, 1.54) is 19.4 Å². The minimum atomic E-state index is -3.88. The first kappa shape index (κ1) is 24.7. The van der Waals surface area contributed by atoms with Gasteiger partial charge in [-0.2, -0.15) is 0 Å². The molecule has 4 rings (SSSR count). The van der Waals surface area contributed by atoms with Crippen LogP contribution in [-0.2, 0) is 10.0 Å². The predicted molar refractivity (Wildman–Crippen MR) is 133 cm³/mol. The maximum atomic E-state index is 14.7. The number of aromatic nitrogens is 1. The molecule has 1 amide bonds. The van der Waals surface area contributed by atoms with Gasteiger partial charge in [-0.3, -0.25) is 4.79 Å². The molecule has 0 fully saturated rings. The molecule has 0 aliphatic heterocycles. The van der Waals surface area contributed by atoms with E-state index in [1.54, 1.807) is 16.9 Å². The minimum Gasteiger partial charge on any atom is -0.496 e. The van der Waals surface area contributed by atoms with Gasteiger partial charge in [-0.1, -0.05) is 47.5 Å². The fourth-order valence-corrected chi connectivity index (χ4v) is 4.23. The molecule has 7 nitrogen and oxygen atoms in total. The second-order valence-corrected chi connectivity index (χ2v) is 10.0. The Morgan fingerprint density at radius 1 is 1.00 bits per heavy atom. The number of rotatable bonds is 6. The highest BCUT2D eigenvalue weighted by Gasteiger charge is 2.21. The number of hydrogen-bond acceptors (Lipinski definition) is 6. The highest BCUT2D eigenvalue weighted by atomic mass is 35.5. The number of ether oxygens (including phenoxy) is 2. The Hall–Kier alpha value is -3.40. The smallest absolute Gasteiger partial charge is 0.267 e. The predicted octanol–water partition coefficient (Wildman–Crippen LogP) is 5.84. The summed E-state index contributed by atoms with van der Waals surface area (Å²) in [7, 11) is -2.56. The maximum absolute atomic E-state index is 14.7. The van der Waals surface area contributed by atoms with Crippen molar-refractivity contribution in [3.63, 3.8) is 0 Å². The first-order valence-electron chi connectivity index (χ1n) is 9.97. The van der Waals surface area contributed by atoms with Crippen molar-refractivity contribution in [2.24, 2.45) is 0 Å². The van der Waals surface area contributed by atoms with Gasteiger partial charge < -0.3 is 9.47 Å². The molecule has 0 saturated carbocycles. The molecule has 0 atom stereocenters. The van der Waals surface area contributed by atoms with Gasteiger partial charge in [-0.25, -0.2) is 22.5 Å². The lowest BCUT2D eigenvalue weighted by Crippen LogP contribution is -2.30. The van der Waals surface area contributed by atoms with Crippen molar-refractivity contribution in [1.29, 1.82) is 0 Å². The maximum Gasteiger partial charge on any atom is 0.267 e. The van der Waals surface area contributed by atoms with Crippen LogP contribution in [0, 0.1) is 5.82 Å². The number of hydrogen-bond donors (Lipinski definition) is 1. The summed E-state index contributed by atoms with van der Waals surface area (Å²) in [5, 5.41) is 2.35. The van der Waals surface area contributed by atoms with E-state index in [1.807, 2.05) is 24.3 Å². The lowest BCUT2D eigenvalue weighted by molar-refractivity contribution is 0.0977. The van der Waals surface area contributed by atoms with Crippen molar-refractivity contribution in [2.45, 2.75) is 0 Å². The molecule has 3 aromatic carbocycles. The first-order chi connectivity index (χ1) is 16.6. The van der Waals surface area contributed by atoms with Crippen LogP contribution in [0.5, 0.6) is 17.4 Å². The Kier molecular flexibility index (Phi) is 6.84. The van der Waals surface area contributed by atoms with Crippen LogP contribution in [0.25, 0.3) is 21.9 Å². The molecule has 0 radical (unpaired) electrons. The number of nitrogens with one attached hydrogen (secondary N) is 1. The average Bonchev–Trinajstić information content (AvgIpc) is 2.79. The Morgan fingerprint density at radius 2 is 1.69 bits per heavy atom. The molecule has 4 aromatic rings. The van der Waals surface area contributed by atoms with E-state index in [2.05, 4.69) is 4.98 Å². The van der Waals surface area contributed by atoms with Gasteiger partial charge in [0.25, 0.3) is 5.91 Å². The summed E-state index contributed by atoms with van der Waals surface area (Å²) < 4.78 is 50.2. The van der Waals surface area contributed by atoms with Crippen LogP contribution in [0.2, 0.25) is 10.0 Å². The molecule has 0 bridgehead atoms. The van der Waals surface area contributed by atoms with Crippen LogP contribution in [0.4, 0.5) is 4.39 Å². The van der Waals surface area contributed by atoms with Gasteiger partial charge in [0.05, 0.1) is 24.0 Å². The van der Waals surface area contributed by atoms with E-state index < -0.39 is 27.3 Å². The lowest BCUT2D eigenvalue weighted by Gasteiger charge is -2.14. The van der Waals surface area contributed by atoms with Gasteiger partial charge in [0, 0.05) is 17.3 Å². The minimum absolute atomic E-state index is 0.0798. The molecule has 11 heteroatoms. The lowest BCUT2D eigenvalue weighted by atomic mass is 10.0. The van der Waals surface area contributed by atoms with Gasteiger partial charge in [-0.15, -0.1) is 0 Å². The molecule has 0 aliphatic rings. The molecule has 0 unspecified atom stereocenters. The molecular formula is C24H17Cl2FN2O5S. The average molecular weight is 535 g/mol. The highest BCUT2D eigenvalue weighted by Crippen LogP contribution is 2.38. The largest absolute Gasteiger partial charge is 0.496 e. The van der Waals surface area contributed by atoms with Crippen molar-refractivity contribution in [3.05, 3.63) is 82.2 Å². The van der Waals surface area contributed by atoms with Crippen LogP contribution in [0.1, 0.15) is 10.4 Å². The van der Waals surface area contributed by atoms with Crippen LogP contribution >= 0.6 is 23.2 Å². The van der Waals surface area contributed by atoms with Gasteiger partial charge in [0.15, 0.2) is 0 Å². The summed E-state index contributed by atoms with van der Waals surface area (Å²) in [6, 6.07) is 14.8. The molecule has 1 heterocycles. The van der Waals surface area contributed by atoms with E-state index in [-0.39, 0.29) is 22.2 Å². The third-order valence-electron chi connectivity index (χ3n) is 4.94. The zero-order valence-corrected chi connectivity index (χ0v) is 20.6. The summed E-state index contributed by atoms with van der Waals surface area (Å²) in [6.07, 6.45) is 2.18. The van der Waals surface area contributed by atoms with E-state index in [9.17, 15) is 17.6 Å². The number of fused-ring (bicyclic) bond motifs is 1. The van der Waals surface area contributed by atoms with Crippen molar-refractivity contribution >= 4 is 49.9 Å². The second kappa shape index (κ2) is 9.69. The molecule has 1 N–H and O–H groups in total. The van der Waals surface area contributed by atoms with Crippen LogP contribution < -0.4 is 14.2 Å².